The summed E-state index contributed by atoms with van der Waals surface area (Å²) in [7, 11) is 2.04. The number of benzene rings is 2. The molecule has 0 N–H and O–H groups in total. The third-order valence-corrected chi connectivity index (χ3v) is 3.48. The maximum absolute atomic E-state index is 11.5. The largest absolute Gasteiger partial charge is 0.491 e. The van der Waals surface area contributed by atoms with Crippen LogP contribution in [0, 0.1) is 6.92 Å². The van der Waals surface area contributed by atoms with Gasteiger partial charge in [0.05, 0.1) is 12.1 Å². The van der Waals surface area contributed by atoms with E-state index in [2.05, 4.69) is 24.0 Å². The fourth-order valence-corrected chi connectivity index (χ4v) is 2.29. The molecule has 0 atom stereocenters. The highest BCUT2D eigenvalue weighted by Gasteiger charge is 2.08. The number of rotatable bonds is 6. The molecule has 0 bridgehead atoms. The number of aryl methyl sites for hydroxylation is 1. The Labute approximate surface area is 126 Å². The molecule has 0 saturated heterocycles. The number of likely N-dealkylation sites (N-methyl/N-ethyl adjacent to an activating group) is 1. The number of ketones is 1. The molecule has 0 saturated carbocycles. The highest BCUT2D eigenvalue weighted by Crippen LogP contribution is 2.20. The summed E-state index contributed by atoms with van der Waals surface area (Å²) < 4.78 is 5.77. The molecule has 0 amide bonds. The van der Waals surface area contributed by atoms with Crippen molar-refractivity contribution in [1.82, 2.24) is 0 Å². The van der Waals surface area contributed by atoms with Crippen molar-refractivity contribution in [3.05, 3.63) is 59.7 Å². The molecule has 0 aliphatic heterocycles. The van der Waals surface area contributed by atoms with Gasteiger partial charge in [-0.1, -0.05) is 30.3 Å². The molecule has 0 aromatic heterocycles. The molecular weight excluding hydrogens is 262 g/mol. The lowest BCUT2D eigenvalue weighted by Gasteiger charge is -2.21. The lowest BCUT2D eigenvalue weighted by molar-refractivity contribution is 0.101. The molecule has 0 aliphatic rings. The second kappa shape index (κ2) is 6.93. The first-order valence-electron chi connectivity index (χ1n) is 7.09. The van der Waals surface area contributed by atoms with Gasteiger partial charge in [0, 0.05) is 12.7 Å². The number of hydrogen-bond donors (Lipinski definition) is 0. The van der Waals surface area contributed by atoms with E-state index >= 15 is 0 Å². The molecule has 3 nitrogen and oxygen atoms in total. The summed E-state index contributed by atoms with van der Waals surface area (Å²) >= 11 is 0. The normalized spacial score (nSPS) is 10.2. The third kappa shape index (κ3) is 3.85. The first-order chi connectivity index (χ1) is 10.1. The van der Waals surface area contributed by atoms with Crippen LogP contribution in [0.1, 0.15) is 22.8 Å². The quantitative estimate of drug-likeness (QED) is 0.757. The molecule has 0 spiro atoms. The predicted octanol–water partition coefficient (Wildman–Crippen LogP) is 3.71. The zero-order chi connectivity index (χ0) is 15.2. The number of nitrogens with zero attached hydrogens (tertiary/aromatic N) is 1. The Hall–Kier alpha value is -2.29. The van der Waals surface area contributed by atoms with Crippen molar-refractivity contribution in [3.63, 3.8) is 0 Å². The van der Waals surface area contributed by atoms with Crippen molar-refractivity contribution >= 4 is 11.5 Å². The van der Waals surface area contributed by atoms with Crippen LogP contribution >= 0.6 is 0 Å². The highest BCUT2D eigenvalue weighted by atomic mass is 16.5. The Bertz CT molecular complexity index is 622. The van der Waals surface area contributed by atoms with E-state index in [0.29, 0.717) is 17.9 Å². The molecule has 2 aromatic rings. The highest BCUT2D eigenvalue weighted by molar-refractivity contribution is 5.96. The summed E-state index contributed by atoms with van der Waals surface area (Å²) in [6.07, 6.45) is 0. The zero-order valence-electron chi connectivity index (χ0n) is 12.8. The molecule has 3 heteroatoms. The van der Waals surface area contributed by atoms with Gasteiger partial charge in [-0.2, -0.15) is 0 Å². The first kappa shape index (κ1) is 15.1. The topological polar surface area (TPSA) is 29.5 Å². The molecule has 2 aromatic carbocycles. The minimum atomic E-state index is 0.0258. The number of ether oxygens (including phenoxy) is 1. The number of carbonyl (C=O) groups excluding carboxylic acids is 1. The van der Waals surface area contributed by atoms with E-state index in [9.17, 15) is 4.79 Å². The molecule has 21 heavy (non-hydrogen) atoms. The van der Waals surface area contributed by atoms with E-state index in [-0.39, 0.29) is 5.78 Å². The number of hydrogen-bond acceptors (Lipinski definition) is 3. The molecule has 0 aliphatic carbocycles. The van der Waals surface area contributed by atoms with Gasteiger partial charge < -0.3 is 9.64 Å². The van der Waals surface area contributed by atoms with Gasteiger partial charge in [0.2, 0.25) is 0 Å². The van der Waals surface area contributed by atoms with E-state index in [1.807, 2.05) is 37.4 Å². The second-order valence-corrected chi connectivity index (χ2v) is 5.11. The Kier molecular flexibility index (Phi) is 4.99. The van der Waals surface area contributed by atoms with Crippen LogP contribution in [-0.2, 0) is 0 Å². The van der Waals surface area contributed by atoms with E-state index in [1.54, 1.807) is 13.0 Å². The van der Waals surface area contributed by atoms with Crippen LogP contribution < -0.4 is 9.64 Å². The zero-order valence-corrected chi connectivity index (χ0v) is 12.8. The summed E-state index contributed by atoms with van der Waals surface area (Å²) in [4.78, 5) is 13.7. The first-order valence-corrected chi connectivity index (χ1v) is 7.09. The number of carbonyl (C=O) groups is 1. The summed E-state index contributed by atoms with van der Waals surface area (Å²) in [5.41, 5.74) is 3.07. The average molecular weight is 283 g/mol. The van der Waals surface area contributed by atoms with Crippen LogP contribution in [0.15, 0.2) is 48.5 Å². The molecule has 0 unspecified atom stereocenters. The Morgan fingerprint density at radius 2 is 1.76 bits per heavy atom. The standard InChI is InChI=1S/C18H21NO2/c1-14-8-4-6-10-17(14)19(3)12-13-21-18-11-7-5-9-16(18)15(2)20/h4-11H,12-13H2,1-3H3. The average Bonchev–Trinajstić information content (AvgIpc) is 2.48. The Balaban J connectivity index is 1.96. The number of Topliss-reactive ketones (excluding diaryl/α,β-unsaturated/α-hetero) is 1. The second-order valence-electron chi connectivity index (χ2n) is 5.11. The van der Waals surface area contributed by atoms with Gasteiger partial charge in [-0.25, -0.2) is 0 Å². The van der Waals surface area contributed by atoms with Crippen molar-refractivity contribution < 1.29 is 9.53 Å². The van der Waals surface area contributed by atoms with Gasteiger partial charge in [0.25, 0.3) is 0 Å². The van der Waals surface area contributed by atoms with Crippen molar-refractivity contribution in [2.75, 3.05) is 25.1 Å². The molecule has 110 valence electrons. The summed E-state index contributed by atoms with van der Waals surface area (Å²) in [6.45, 7) is 4.95. The molecule has 0 radical (unpaired) electrons. The van der Waals surface area contributed by atoms with Crippen LogP contribution in [0.4, 0.5) is 5.69 Å². The molecule has 2 rings (SSSR count). The maximum Gasteiger partial charge on any atom is 0.163 e. The molecule has 0 heterocycles. The van der Waals surface area contributed by atoms with Gasteiger partial charge in [0.15, 0.2) is 5.78 Å². The lowest BCUT2D eigenvalue weighted by atomic mass is 10.1. The minimum Gasteiger partial charge on any atom is -0.491 e. The SMILES string of the molecule is CC(=O)c1ccccc1OCCN(C)c1ccccc1C. The van der Waals surface area contributed by atoms with Crippen molar-refractivity contribution in [2.45, 2.75) is 13.8 Å². The van der Waals surface area contributed by atoms with Crippen LogP contribution in [0.3, 0.4) is 0 Å². The van der Waals surface area contributed by atoms with Crippen LogP contribution in [0.5, 0.6) is 5.75 Å². The fourth-order valence-electron chi connectivity index (χ4n) is 2.29. The van der Waals surface area contributed by atoms with E-state index in [1.165, 1.54) is 11.3 Å². The van der Waals surface area contributed by atoms with E-state index < -0.39 is 0 Å². The summed E-state index contributed by atoms with van der Waals surface area (Å²) in [5, 5.41) is 0. The fraction of sp³-hybridized carbons (Fsp3) is 0.278. The Morgan fingerprint density at radius 1 is 1.10 bits per heavy atom. The van der Waals surface area contributed by atoms with E-state index in [4.69, 9.17) is 4.74 Å². The number of para-hydroxylation sites is 2. The van der Waals surface area contributed by atoms with Gasteiger partial charge in [-0.3, -0.25) is 4.79 Å². The monoisotopic (exact) mass is 283 g/mol. The van der Waals surface area contributed by atoms with Gasteiger partial charge in [-0.05, 0) is 37.6 Å². The van der Waals surface area contributed by atoms with Crippen molar-refractivity contribution in [3.8, 4) is 5.75 Å². The van der Waals surface area contributed by atoms with Crippen LogP contribution in [0.25, 0.3) is 0 Å². The molecular formula is C18H21NO2. The lowest BCUT2D eigenvalue weighted by Crippen LogP contribution is -2.24. The predicted molar refractivity (Wildman–Crippen MR) is 86.4 cm³/mol. The van der Waals surface area contributed by atoms with Gasteiger partial charge in [-0.15, -0.1) is 0 Å². The third-order valence-electron chi connectivity index (χ3n) is 3.48. The van der Waals surface area contributed by atoms with Crippen LogP contribution in [0.2, 0.25) is 0 Å². The number of anilines is 1. The van der Waals surface area contributed by atoms with Gasteiger partial charge in [0.1, 0.15) is 12.4 Å². The molecule has 0 fully saturated rings. The van der Waals surface area contributed by atoms with Crippen molar-refractivity contribution in [1.29, 1.82) is 0 Å². The smallest absolute Gasteiger partial charge is 0.163 e. The Morgan fingerprint density at radius 3 is 2.48 bits per heavy atom. The van der Waals surface area contributed by atoms with Crippen molar-refractivity contribution in [2.24, 2.45) is 0 Å². The van der Waals surface area contributed by atoms with Crippen LogP contribution in [-0.4, -0.2) is 26.0 Å². The minimum absolute atomic E-state index is 0.0258. The summed E-state index contributed by atoms with van der Waals surface area (Å²) in [6, 6.07) is 15.6. The summed E-state index contributed by atoms with van der Waals surface area (Å²) in [5.74, 6) is 0.682. The van der Waals surface area contributed by atoms with Gasteiger partial charge >= 0.3 is 0 Å². The maximum atomic E-state index is 11.5. The van der Waals surface area contributed by atoms with E-state index in [0.717, 1.165) is 6.54 Å².